The van der Waals surface area contributed by atoms with E-state index in [1.807, 2.05) is 5.32 Å². The third-order valence-electron chi connectivity index (χ3n) is 4.35. The summed E-state index contributed by atoms with van der Waals surface area (Å²) in [6, 6.07) is 6.60. The minimum Gasteiger partial charge on any atom is -0.453 e. The number of aryl methyl sites for hydroxylation is 1. The van der Waals surface area contributed by atoms with Gasteiger partial charge in [0.1, 0.15) is 0 Å². The number of carbonyl (C=O) groups is 3. The monoisotopic (exact) mass is 403 g/mol. The third-order valence-corrected chi connectivity index (χ3v) is 4.35. The fourth-order valence-electron chi connectivity index (χ4n) is 2.75. The number of methoxy groups -OCH3 is 1. The van der Waals surface area contributed by atoms with Gasteiger partial charge in [0.2, 0.25) is 0 Å². The van der Waals surface area contributed by atoms with Crippen LogP contribution >= 0.6 is 0 Å². The van der Waals surface area contributed by atoms with Crippen molar-refractivity contribution in [3.8, 4) is 0 Å². The largest absolute Gasteiger partial charge is 0.453 e. The van der Waals surface area contributed by atoms with E-state index in [1.54, 1.807) is 24.3 Å². The average Bonchev–Trinajstić information content (AvgIpc) is 2.72. The van der Waals surface area contributed by atoms with Gasteiger partial charge in [-0.2, -0.15) is 5.10 Å². The van der Waals surface area contributed by atoms with Gasteiger partial charge < -0.3 is 9.47 Å². The Bertz CT molecular complexity index is 953. The second kappa shape index (κ2) is 10.4. The van der Waals surface area contributed by atoms with Crippen LogP contribution in [-0.4, -0.2) is 41.0 Å². The number of nitrogens with zero attached hydrogens (tertiary/aromatic N) is 2. The van der Waals surface area contributed by atoms with E-state index in [4.69, 9.17) is 4.74 Å². The molecule has 1 atom stereocenters. The number of esters is 1. The molecule has 2 aromatic rings. The first-order valence-electron chi connectivity index (χ1n) is 9.48. The van der Waals surface area contributed by atoms with Gasteiger partial charge in [-0.3, -0.25) is 14.9 Å². The van der Waals surface area contributed by atoms with Crippen molar-refractivity contribution >= 4 is 28.7 Å². The summed E-state index contributed by atoms with van der Waals surface area (Å²) in [6.45, 7) is 3.79. The lowest BCUT2D eigenvalue weighted by atomic mass is 10.1. The molecule has 9 nitrogen and oxygen atoms in total. The van der Waals surface area contributed by atoms with Gasteiger partial charge in [0, 0.05) is 11.9 Å². The number of nitrogens with one attached hydrogen (secondary N) is 1. The zero-order chi connectivity index (χ0) is 21.4. The van der Waals surface area contributed by atoms with Gasteiger partial charge in [0.25, 0.3) is 11.5 Å². The molecule has 9 heteroatoms. The second-order valence-electron chi connectivity index (χ2n) is 6.51. The Hall–Kier alpha value is -3.23. The summed E-state index contributed by atoms with van der Waals surface area (Å²) in [4.78, 5) is 48.4. The Balaban J connectivity index is 2.29. The lowest BCUT2D eigenvalue weighted by Crippen LogP contribution is -2.39. The van der Waals surface area contributed by atoms with Gasteiger partial charge in [-0.1, -0.05) is 44.4 Å². The van der Waals surface area contributed by atoms with Gasteiger partial charge in [-0.25, -0.2) is 14.3 Å². The molecule has 0 saturated carbocycles. The first kappa shape index (κ1) is 22.1. The molecule has 1 N–H and O–H groups in total. The fraction of sp³-hybridized carbons (Fsp3) is 0.450. The van der Waals surface area contributed by atoms with E-state index in [-0.39, 0.29) is 11.3 Å². The Labute approximate surface area is 168 Å². The number of imide groups is 1. The molecule has 2 rings (SSSR count). The Morgan fingerprint density at radius 2 is 1.83 bits per heavy atom. The summed E-state index contributed by atoms with van der Waals surface area (Å²) in [7, 11) is 1.11. The molecule has 1 heterocycles. The molecule has 0 unspecified atom stereocenters. The molecular formula is C20H25N3O6. The van der Waals surface area contributed by atoms with Crippen molar-refractivity contribution in [2.24, 2.45) is 0 Å². The lowest BCUT2D eigenvalue weighted by Gasteiger charge is -2.14. The van der Waals surface area contributed by atoms with Crippen LogP contribution in [0.3, 0.4) is 0 Å². The van der Waals surface area contributed by atoms with E-state index in [1.165, 1.54) is 11.6 Å². The maximum Gasteiger partial charge on any atom is 0.413 e. The summed E-state index contributed by atoms with van der Waals surface area (Å²) in [6.07, 6.45) is 1.59. The van der Waals surface area contributed by atoms with E-state index in [2.05, 4.69) is 16.8 Å². The fourth-order valence-corrected chi connectivity index (χ4v) is 2.75. The van der Waals surface area contributed by atoms with Crippen LogP contribution in [0.15, 0.2) is 29.1 Å². The number of unbranched alkanes of at least 4 members (excludes halogenated alkanes) is 3. The second-order valence-corrected chi connectivity index (χ2v) is 6.51. The Morgan fingerprint density at radius 1 is 1.14 bits per heavy atom. The SMILES string of the molecule is CCCCCCn1nc(C(=O)O[C@H](C)C(=O)NC(=O)OC)c2ccccc2c1=O. The molecule has 0 radical (unpaired) electrons. The molecule has 0 bridgehead atoms. The molecule has 1 aromatic carbocycles. The number of carbonyl (C=O) groups excluding carboxylic acids is 3. The molecule has 0 saturated heterocycles. The van der Waals surface area contributed by atoms with Crippen LogP contribution in [0.2, 0.25) is 0 Å². The standard InChI is InChI=1S/C20H25N3O6/c1-4-5-6-9-12-23-18(25)15-11-8-7-10-14(15)16(22-23)19(26)29-13(2)17(24)21-20(27)28-3/h7-8,10-11,13H,4-6,9,12H2,1-3H3,(H,21,24,27)/t13-/m1/s1. The maximum atomic E-state index is 12.7. The topological polar surface area (TPSA) is 117 Å². The summed E-state index contributed by atoms with van der Waals surface area (Å²) in [5, 5.41) is 6.81. The van der Waals surface area contributed by atoms with Crippen molar-refractivity contribution in [2.45, 2.75) is 52.2 Å². The zero-order valence-corrected chi connectivity index (χ0v) is 16.8. The molecule has 1 aromatic heterocycles. The maximum absolute atomic E-state index is 12.7. The minimum absolute atomic E-state index is 0.0617. The van der Waals surface area contributed by atoms with Crippen LogP contribution in [0.5, 0.6) is 0 Å². The Morgan fingerprint density at radius 3 is 2.48 bits per heavy atom. The lowest BCUT2D eigenvalue weighted by molar-refractivity contribution is -0.128. The molecule has 0 fully saturated rings. The van der Waals surface area contributed by atoms with Crippen molar-refractivity contribution in [3.05, 3.63) is 40.3 Å². The van der Waals surface area contributed by atoms with Crippen LogP contribution in [-0.2, 0) is 20.8 Å². The third kappa shape index (κ3) is 5.63. The van der Waals surface area contributed by atoms with Crippen molar-refractivity contribution in [2.75, 3.05) is 7.11 Å². The number of alkyl carbamates (subject to hydrolysis) is 1. The number of fused-ring (bicyclic) bond motifs is 1. The van der Waals surface area contributed by atoms with Crippen LogP contribution in [0.1, 0.15) is 50.0 Å². The van der Waals surface area contributed by atoms with Crippen LogP contribution in [0.25, 0.3) is 10.8 Å². The highest BCUT2D eigenvalue weighted by molar-refractivity contribution is 6.03. The number of ether oxygens (including phenoxy) is 2. The molecule has 0 aliphatic rings. The van der Waals surface area contributed by atoms with E-state index in [9.17, 15) is 19.2 Å². The molecule has 156 valence electrons. The van der Waals surface area contributed by atoms with E-state index in [0.29, 0.717) is 17.3 Å². The molecule has 0 aliphatic heterocycles. The molecular weight excluding hydrogens is 378 g/mol. The average molecular weight is 403 g/mol. The van der Waals surface area contributed by atoms with Crippen molar-refractivity contribution in [3.63, 3.8) is 0 Å². The van der Waals surface area contributed by atoms with Crippen molar-refractivity contribution in [1.82, 2.24) is 15.1 Å². The van der Waals surface area contributed by atoms with Gasteiger partial charge in [0.15, 0.2) is 11.8 Å². The molecule has 0 aliphatic carbocycles. The Kier molecular flexibility index (Phi) is 7.88. The van der Waals surface area contributed by atoms with E-state index in [0.717, 1.165) is 32.8 Å². The highest BCUT2D eigenvalue weighted by atomic mass is 16.6. The molecule has 29 heavy (non-hydrogen) atoms. The summed E-state index contributed by atoms with van der Waals surface area (Å²) < 4.78 is 10.8. The van der Waals surface area contributed by atoms with Gasteiger partial charge in [-0.05, 0) is 19.4 Å². The van der Waals surface area contributed by atoms with Crippen molar-refractivity contribution < 1.29 is 23.9 Å². The first-order valence-corrected chi connectivity index (χ1v) is 9.48. The highest BCUT2D eigenvalue weighted by Crippen LogP contribution is 2.15. The number of rotatable bonds is 8. The number of hydrogen-bond acceptors (Lipinski definition) is 7. The zero-order valence-electron chi connectivity index (χ0n) is 16.8. The number of aromatic nitrogens is 2. The number of benzene rings is 1. The van der Waals surface area contributed by atoms with E-state index < -0.39 is 24.1 Å². The number of amides is 2. The molecule has 2 amide bonds. The summed E-state index contributed by atoms with van der Waals surface area (Å²) >= 11 is 0. The van der Waals surface area contributed by atoms with Crippen molar-refractivity contribution in [1.29, 1.82) is 0 Å². The predicted octanol–water partition coefficient (Wildman–Crippen LogP) is 2.40. The molecule has 0 spiro atoms. The highest BCUT2D eigenvalue weighted by Gasteiger charge is 2.24. The smallest absolute Gasteiger partial charge is 0.413 e. The van der Waals surface area contributed by atoms with Gasteiger partial charge >= 0.3 is 12.1 Å². The van der Waals surface area contributed by atoms with Crippen LogP contribution < -0.4 is 10.9 Å². The van der Waals surface area contributed by atoms with E-state index >= 15 is 0 Å². The summed E-state index contributed by atoms with van der Waals surface area (Å²) in [5.74, 6) is -1.70. The minimum atomic E-state index is -1.26. The van der Waals surface area contributed by atoms with Crippen LogP contribution in [0, 0.1) is 0 Å². The van der Waals surface area contributed by atoms with Gasteiger partial charge in [0.05, 0.1) is 12.5 Å². The first-order chi connectivity index (χ1) is 13.9. The van der Waals surface area contributed by atoms with Gasteiger partial charge in [-0.15, -0.1) is 0 Å². The quantitative estimate of drug-likeness (QED) is 0.531. The normalized spacial score (nSPS) is 11.7. The van der Waals surface area contributed by atoms with Crippen LogP contribution in [0.4, 0.5) is 4.79 Å². The predicted molar refractivity (Wildman–Crippen MR) is 106 cm³/mol. The number of hydrogen-bond donors (Lipinski definition) is 1. The summed E-state index contributed by atoms with van der Waals surface area (Å²) in [5.41, 5.74) is -0.349.